The van der Waals surface area contributed by atoms with Crippen LogP contribution in [-0.4, -0.2) is 7.05 Å². The van der Waals surface area contributed by atoms with Crippen molar-refractivity contribution < 1.29 is 4.39 Å². The van der Waals surface area contributed by atoms with E-state index in [0.717, 1.165) is 16.7 Å². The molecule has 0 fully saturated rings. The van der Waals surface area contributed by atoms with E-state index >= 15 is 0 Å². The Balaban J connectivity index is 2.59. The Morgan fingerprint density at radius 2 is 1.74 bits per heavy atom. The van der Waals surface area contributed by atoms with Crippen LogP contribution in [0.15, 0.2) is 36.4 Å². The van der Waals surface area contributed by atoms with Crippen molar-refractivity contribution in [2.45, 2.75) is 26.8 Å². The van der Waals surface area contributed by atoms with Crippen LogP contribution >= 0.6 is 0 Å². The third-order valence-corrected chi connectivity index (χ3v) is 3.73. The Hall–Kier alpha value is -1.67. The van der Waals surface area contributed by atoms with Crippen LogP contribution in [0, 0.1) is 19.7 Å². The Morgan fingerprint density at radius 3 is 2.37 bits per heavy atom. The molecule has 1 N–H and O–H groups in total. The van der Waals surface area contributed by atoms with Crippen molar-refractivity contribution in [3.63, 3.8) is 0 Å². The fraction of sp³-hybridized carbons (Fsp3) is 0.294. The highest BCUT2D eigenvalue weighted by atomic mass is 19.1. The highest BCUT2D eigenvalue weighted by molar-refractivity contribution is 5.69. The third-order valence-electron chi connectivity index (χ3n) is 3.73. The van der Waals surface area contributed by atoms with E-state index in [9.17, 15) is 4.39 Å². The van der Waals surface area contributed by atoms with Crippen molar-refractivity contribution in [1.82, 2.24) is 5.32 Å². The minimum absolute atomic E-state index is 0.192. The Kier molecular flexibility index (Phi) is 4.01. The molecule has 0 aliphatic carbocycles. The van der Waals surface area contributed by atoms with Gasteiger partial charge in [-0.3, -0.25) is 0 Å². The molecule has 19 heavy (non-hydrogen) atoms. The molecule has 0 saturated carbocycles. The largest absolute Gasteiger partial charge is 0.313 e. The molecule has 1 atom stereocenters. The van der Waals surface area contributed by atoms with Crippen LogP contribution in [-0.2, 0) is 0 Å². The molecule has 1 unspecified atom stereocenters. The maximum absolute atomic E-state index is 13.6. The van der Waals surface area contributed by atoms with Crippen molar-refractivity contribution >= 4 is 0 Å². The first-order valence-corrected chi connectivity index (χ1v) is 6.57. The maximum atomic E-state index is 13.6. The van der Waals surface area contributed by atoms with E-state index in [-0.39, 0.29) is 11.9 Å². The van der Waals surface area contributed by atoms with Crippen LogP contribution in [0.4, 0.5) is 4.39 Å². The molecule has 2 aromatic rings. The van der Waals surface area contributed by atoms with Crippen LogP contribution in [0.2, 0.25) is 0 Å². The molecule has 0 aliphatic rings. The van der Waals surface area contributed by atoms with E-state index in [1.165, 1.54) is 17.2 Å². The fourth-order valence-corrected chi connectivity index (χ4v) is 2.22. The van der Waals surface area contributed by atoms with Crippen LogP contribution in [0.25, 0.3) is 11.1 Å². The first kappa shape index (κ1) is 13.8. The molecule has 0 bridgehead atoms. The molecule has 0 aromatic heterocycles. The molecular weight excluding hydrogens is 237 g/mol. The number of aryl methyl sites for hydroxylation is 2. The van der Waals surface area contributed by atoms with Crippen molar-refractivity contribution in [3.8, 4) is 11.1 Å². The summed E-state index contributed by atoms with van der Waals surface area (Å²) in [6, 6.07) is 11.5. The third kappa shape index (κ3) is 2.85. The summed E-state index contributed by atoms with van der Waals surface area (Å²) in [4.78, 5) is 0. The van der Waals surface area contributed by atoms with Gasteiger partial charge in [0.25, 0.3) is 0 Å². The monoisotopic (exact) mass is 257 g/mol. The topological polar surface area (TPSA) is 12.0 Å². The summed E-state index contributed by atoms with van der Waals surface area (Å²) in [6.45, 7) is 6.25. The zero-order valence-corrected chi connectivity index (χ0v) is 11.9. The summed E-state index contributed by atoms with van der Waals surface area (Å²) in [5, 5.41) is 3.21. The summed E-state index contributed by atoms with van der Waals surface area (Å²) in [5.74, 6) is -0.194. The quantitative estimate of drug-likeness (QED) is 0.860. The molecule has 1 nitrogen and oxygen atoms in total. The molecule has 2 heteroatoms. The predicted octanol–water partition coefficient (Wildman–Crippen LogP) is 4.39. The lowest BCUT2D eigenvalue weighted by Gasteiger charge is -2.17. The lowest BCUT2D eigenvalue weighted by atomic mass is 9.93. The van der Waals surface area contributed by atoms with E-state index in [2.05, 4.69) is 44.3 Å². The number of hydrogen-bond donors (Lipinski definition) is 1. The van der Waals surface area contributed by atoms with Gasteiger partial charge in [-0.05, 0) is 67.8 Å². The van der Waals surface area contributed by atoms with Crippen LogP contribution in [0.1, 0.15) is 29.7 Å². The molecule has 2 aromatic carbocycles. The first-order chi connectivity index (χ1) is 9.02. The Bertz CT molecular complexity index is 590. The second-order valence-corrected chi connectivity index (χ2v) is 5.04. The summed E-state index contributed by atoms with van der Waals surface area (Å²) >= 11 is 0. The van der Waals surface area contributed by atoms with Gasteiger partial charge in [-0.25, -0.2) is 4.39 Å². The molecule has 0 amide bonds. The molecular formula is C17H20FN. The lowest BCUT2D eigenvalue weighted by Crippen LogP contribution is -2.13. The van der Waals surface area contributed by atoms with Gasteiger partial charge < -0.3 is 5.32 Å². The number of rotatable bonds is 3. The van der Waals surface area contributed by atoms with Crippen molar-refractivity contribution in [3.05, 3.63) is 58.9 Å². The van der Waals surface area contributed by atoms with Gasteiger partial charge in [0.15, 0.2) is 0 Å². The second kappa shape index (κ2) is 5.54. The highest BCUT2D eigenvalue weighted by Gasteiger charge is 2.12. The molecule has 0 radical (unpaired) electrons. The molecule has 0 heterocycles. The van der Waals surface area contributed by atoms with E-state index in [4.69, 9.17) is 0 Å². The average molecular weight is 257 g/mol. The fourth-order valence-electron chi connectivity index (χ4n) is 2.22. The minimum Gasteiger partial charge on any atom is -0.313 e. The predicted molar refractivity (Wildman–Crippen MR) is 78.8 cm³/mol. The van der Waals surface area contributed by atoms with Gasteiger partial charge in [-0.2, -0.15) is 0 Å². The summed E-state index contributed by atoms with van der Waals surface area (Å²) in [6.07, 6.45) is 0. The number of benzene rings is 2. The average Bonchev–Trinajstić information content (AvgIpc) is 2.41. The summed E-state index contributed by atoms with van der Waals surface area (Å²) in [7, 11) is 1.91. The van der Waals surface area contributed by atoms with Gasteiger partial charge in [-0.15, -0.1) is 0 Å². The molecule has 0 spiro atoms. The summed E-state index contributed by atoms with van der Waals surface area (Å²) < 4.78 is 13.6. The number of hydrogen-bond acceptors (Lipinski definition) is 1. The minimum atomic E-state index is -0.194. The normalized spacial score (nSPS) is 12.5. The van der Waals surface area contributed by atoms with Gasteiger partial charge >= 0.3 is 0 Å². The van der Waals surface area contributed by atoms with Crippen molar-refractivity contribution in [1.29, 1.82) is 0 Å². The van der Waals surface area contributed by atoms with E-state index in [1.54, 1.807) is 6.07 Å². The van der Waals surface area contributed by atoms with Crippen molar-refractivity contribution in [2.24, 2.45) is 0 Å². The van der Waals surface area contributed by atoms with Crippen molar-refractivity contribution in [2.75, 3.05) is 7.05 Å². The number of nitrogens with one attached hydrogen (secondary N) is 1. The van der Waals surface area contributed by atoms with E-state index < -0.39 is 0 Å². The lowest BCUT2D eigenvalue weighted by molar-refractivity contribution is 0.620. The zero-order chi connectivity index (χ0) is 14.0. The van der Waals surface area contributed by atoms with Crippen LogP contribution in [0.5, 0.6) is 0 Å². The molecule has 2 rings (SSSR count). The van der Waals surface area contributed by atoms with Gasteiger partial charge in [0.05, 0.1) is 0 Å². The molecule has 0 saturated heterocycles. The summed E-state index contributed by atoms with van der Waals surface area (Å²) in [5.41, 5.74) is 5.63. The smallest absolute Gasteiger partial charge is 0.123 e. The van der Waals surface area contributed by atoms with E-state index in [0.29, 0.717) is 0 Å². The maximum Gasteiger partial charge on any atom is 0.123 e. The van der Waals surface area contributed by atoms with Crippen LogP contribution in [0.3, 0.4) is 0 Å². The SMILES string of the molecule is CNC(C)c1ccc(F)cc1-c1ccc(C)c(C)c1. The Morgan fingerprint density at radius 1 is 1.00 bits per heavy atom. The Labute approximate surface area is 114 Å². The second-order valence-electron chi connectivity index (χ2n) is 5.04. The zero-order valence-electron chi connectivity index (χ0n) is 11.9. The van der Waals surface area contributed by atoms with Gasteiger partial charge in [-0.1, -0.05) is 24.3 Å². The van der Waals surface area contributed by atoms with Gasteiger partial charge in [0.1, 0.15) is 5.82 Å². The first-order valence-electron chi connectivity index (χ1n) is 6.57. The van der Waals surface area contributed by atoms with Crippen LogP contribution < -0.4 is 5.32 Å². The molecule has 100 valence electrons. The van der Waals surface area contributed by atoms with Gasteiger partial charge in [0, 0.05) is 6.04 Å². The number of halogens is 1. The molecule has 0 aliphatic heterocycles. The highest BCUT2D eigenvalue weighted by Crippen LogP contribution is 2.30. The van der Waals surface area contributed by atoms with Gasteiger partial charge in [0.2, 0.25) is 0 Å². The van der Waals surface area contributed by atoms with E-state index in [1.807, 2.05) is 13.1 Å². The standard InChI is InChI=1S/C17H20FN/c1-11-5-6-14(9-12(11)2)17-10-15(18)7-8-16(17)13(3)19-4/h5-10,13,19H,1-4H3.